The summed E-state index contributed by atoms with van der Waals surface area (Å²) in [4.78, 5) is 7.80. The number of aromatic amines is 1. The fourth-order valence-corrected chi connectivity index (χ4v) is 1.43. The molecule has 0 radical (unpaired) electrons. The SMILES string of the molecule is Cc1ccnc(N)c1C(O)c1ncn[nH]1. The van der Waals surface area contributed by atoms with Gasteiger partial charge < -0.3 is 10.8 Å². The first-order valence-corrected chi connectivity index (χ1v) is 4.44. The lowest BCUT2D eigenvalue weighted by Gasteiger charge is -2.12. The van der Waals surface area contributed by atoms with Crippen LogP contribution < -0.4 is 5.73 Å². The van der Waals surface area contributed by atoms with Crippen molar-refractivity contribution in [2.45, 2.75) is 13.0 Å². The van der Waals surface area contributed by atoms with Crippen LogP contribution in [0.15, 0.2) is 18.6 Å². The highest BCUT2D eigenvalue weighted by molar-refractivity contribution is 5.47. The molecule has 2 aromatic rings. The highest BCUT2D eigenvalue weighted by Crippen LogP contribution is 2.25. The summed E-state index contributed by atoms with van der Waals surface area (Å²) in [7, 11) is 0. The number of aliphatic hydroxyl groups is 1. The van der Waals surface area contributed by atoms with Crippen molar-refractivity contribution < 1.29 is 5.11 Å². The average molecular weight is 205 g/mol. The molecule has 78 valence electrons. The number of nitrogens with one attached hydrogen (secondary N) is 1. The second-order valence-corrected chi connectivity index (χ2v) is 3.20. The van der Waals surface area contributed by atoms with Crippen LogP contribution in [0, 0.1) is 6.92 Å². The molecule has 0 bridgehead atoms. The molecular formula is C9H11N5O. The molecule has 15 heavy (non-hydrogen) atoms. The summed E-state index contributed by atoms with van der Waals surface area (Å²) in [5.41, 5.74) is 7.13. The van der Waals surface area contributed by atoms with E-state index in [-0.39, 0.29) is 0 Å². The predicted octanol–water partition coefficient (Wildman–Crippen LogP) is 0.172. The van der Waals surface area contributed by atoms with E-state index in [1.54, 1.807) is 12.3 Å². The topological polar surface area (TPSA) is 101 Å². The quantitative estimate of drug-likeness (QED) is 0.648. The number of nitrogen functional groups attached to an aromatic ring is 1. The standard InChI is InChI=1S/C9H11N5O/c1-5-2-3-11-8(10)6(5)7(15)9-12-4-13-14-9/h2-4,7,15H,1H3,(H2,10,11)(H,12,13,14). The second kappa shape index (κ2) is 3.66. The smallest absolute Gasteiger partial charge is 0.157 e. The van der Waals surface area contributed by atoms with Crippen molar-refractivity contribution in [3.8, 4) is 0 Å². The third-order valence-corrected chi connectivity index (χ3v) is 2.21. The average Bonchev–Trinajstić information content (AvgIpc) is 2.69. The minimum atomic E-state index is -0.916. The van der Waals surface area contributed by atoms with Crippen molar-refractivity contribution in [3.63, 3.8) is 0 Å². The Hall–Kier alpha value is -1.95. The van der Waals surface area contributed by atoms with Crippen LogP contribution in [0.2, 0.25) is 0 Å². The maximum atomic E-state index is 9.99. The lowest BCUT2D eigenvalue weighted by molar-refractivity contribution is 0.210. The Balaban J connectivity index is 2.46. The molecule has 2 rings (SSSR count). The number of hydrogen-bond donors (Lipinski definition) is 3. The molecule has 0 fully saturated rings. The van der Waals surface area contributed by atoms with Crippen LogP contribution in [-0.2, 0) is 0 Å². The van der Waals surface area contributed by atoms with Gasteiger partial charge in [0.05, 0.1) is 0 Å². The summed E-state index contributed by atoms with van der Waals surface area (Å²) in [5, 5.41) is 16.3. The van der Waals surface area contributed by atoms with Crippen LogP contribution >= 0.6 is 0 Å². The monoisotopic (exact) mass is 205 g/mol. The number of nitrogens with zero attached hydrogens (tertiary/aromatic N) is 3. The molecule has 6 heteroatoms. The Morgan fingerprint density at radius 2 is 2.27 bits per heavy atom. The summed E-state index contributed by atoms with van der Waals surface area (Å²) in [6, 6.07) is 1.78. The van der Waals surface area contributed by atoms with Crippen molar-refractivity contribution >= 4 is 5.82 Å². The fourth-order valence-electron chi connectivity index (χ4n) is 1.43. The number of pyridine rings is 1. The van der Waals surface area contributed by atoms with Gasteiger partial charge in [-0.3, -0.25) is 5.10 Å². The van der Waals surface area contributed by atoms with Crippen molar-refractivity contribution in [3.05, 3.63) is 35.5 Å². The van der Waals surface area contributed by atoms with E-state index in [0.29, 0.717) is 17.2 Å². The van der Waals surface area contributed by atoms with E-state index in [2.05, 4.69) is 20.2 Å². The first-order chi connectivity index (χ1) is 7.20. The molecule has 0 aliphatic carbocycles. The van der Waals surface area contributed by atoms with Crippen LogP contribution in [0.5, 0.6) is 0 Å². The van der Waals surface area contributed by atoms with Gasteiger partial charge in [-0.1, -0.05) is 0 Å². The van der Waals surface area contributed by atoms with E-state index in [4.69, 9.17) is 5.73 Å². The van der Waals surface area contributed by atoms with E-state index >= 15 is 0 Å². The fraction of sp³-hybridized carbons (Fsp3) is 0.222. The summed E-state index contributed by atoms with van der Waals surface area (Å²) < 4.78 is 0. The molecule has 0 saturated carbocycles. The molecule has 0 saturated heterocycles. The van der Waals surface area contributed by atoms with Crippen molar-refractivity contribution in [1.82, 2.24) is 20.2 Å². The van der Waals surface area contributed by atoms with Crippen LogP contribution in [0.1, 0.15) is 23.1 Å². The van der Waals surface area contributed by atoms with Gasteiger partial charge in [-0.2, -0.15) is 5.10 Å². The lowest BCUT2D eigenvalue weighted by atomic mass is 10.0. The van der Waals surface area contributed by atoms with Gasteiger partial charge in [-0.15, -0.1) is 0 Å². The van der Waals surface area contributed by atoms with E-state index < -0.39 is 6.10 Å². The summed E-state index contributed by atoms with van der Waals surface area (Å²) in [6.07, 6.45) is 2.02. The molecule has 4 N–H and O–H groups in total. The second-order valence-electron chi connectivity index (χ2n) is 3.20. The minimum Gasteiger partial charge on any atom is -0.383 e. The predicted molar refractivity (Wildman–Crippen MR) is 53.8 cm³/mol. The number of aryl methyl sites for hydroxylation is 1. The zero-order valence-electron chi connectivity index (χ0n) is 8.18. The maximum absolute atomic E-state index is 9.99. The Morgan fingerprint density at radius 3 is 2.87 bits per heavy atom. The van der Waals surface area contributed by atoms with Crippen LogP contribution in [0.25, 0.3) is 0 Å². The first kappa shape index (κ1) is 9.60. The summed E-state index contributed by atoms with van der Waals surface area (Å²) in [6.45, 7) is 1.85. The highest BCUT2D eigenvalue weighted by atomic mass is 16.3. The molecule has 1 unspecified atom stereocenters. The Kier molecular flexibility index (Phi) is 2.34. The van der Waals surface area contributed by atoms with Gasteiger partial charge in [-0.25, -0.2) is 9.97 Å². The number of H-pyrrole nitrogens is 1. The van der Waals surface area contributed by atoms with E-state index in [9.17, 15) is 5.11 Å². The number of rotatable bonds is 2. The number of nitrogens with two attached hydrogens (primary N) is 1. The van der Waals surface area contributed by atoms with Crippen LogP contribution in [0.3, 0.4) is 0 Å². The van der Waals surface area contributed by atoms with Crippen LogP contribution in [0.4, 0.5) is 5.82 Å². The summed E-state index contributed by atoms with van der Waals surface area (Å²) >= 11 is 0. The number of hydrogen-bond acceptors (Lipinski definition) is 5. The Labute approximate surface area is 86.2 Å². The maximum Gasteiger partial charge on any atom is 0.157 e. The minimum absolute atomic E-state index is 0.305. The molecule has 2 aromatic heterocycles. The molecule has 0 spiro atoms. The molecule has 0 aromatic carbocycles. The third kappa shape index (κ3) is 1.66. The normalized spacial score (nSPS) is 12.7. The van der Waals surface area contributed by atoms with Gasteiger partial charge in [0.1, 0.15) is 18.2 Å². The largest absolute Gasteiger partial charge is 0.383 e. The third-order valence-electron chi connectivity index (χ3n) is 2.21. The Bertz CT molecular complexity index is 433. The molecule has 1 atom stereocenters. The van der Waals surface area contributed by atoms with E-state index in [1.807, 2.05) is 6.92 Å². The zero-order chi connectivity index (χ0) is 10.8. The van der Waals surface area contributed by atoms with Gasteiger partial charge in [0.15, 0.2) is 5.82 Å². The van der Waals surface area contributed by atoms with E-state index in [0.717, 1.165) is 5.56 Å². The van der Waals surface area contributed by atoms with Crippen molar-refractivity contribution in [2.24, 2.45) is 0 Å². The van der Waals surface area contributed by atoms with Crippen molar-refractivity contribution in [2.75, 3.05) is 5.73 Å². The molecule has 6 nitrogen and oxygen atoms in total. The lowest BCUT2D eigenvalue weighted by Crippen LogP contribution is -2.09. The number of anilines is 1. The number of aliphatic hydroxyl groups excluding tert-OH is 1. The summed E-state index contributed by atoms with van der Waals surface area (Å²) in [5.74, 6) is 0.664. The van der Waals surface area contributed by atoms with Gasteiger partial charge >= 0.3 is 0 Å². The molecule has 0 aliphatic rings. The molecule has 0 amide bonds. The van der Waals surface area contributed by atoms with Gasteiger partial charge in [0, 0.05) is 11.8 Å². The van der Waals surface area contributed by atoms with Gasteiger partial charge in [0.2, 0.25) is 0 Å². The van der Waals surface area contributed by atoms with E-state index in [1.165, 1.54) is 6.33 Å². The van der Waals surface area contributed by atoms with Gasteiger partial charge in [-0.05, 0) is 18.6 Å². The Morgan fingerprint density at radius 1 is 1.47 bits per heavy atom. The molecular weight excluding hydrogens is 194 g/mol. The highest BCUT2D eigenvalue weighted by Gasteiger charge is 2.18. The molecule has 0 aliphatic heterocycles. The van der Waals surface area contributed by atoms with Crippen LogP contribution in [-0.4, -0.2) is 25.3 Å². The molecule has 2 heterocycles. The zero-order valence-corrected chi connectivity index (χ0v) is 8.18. The van der Waals surface area contributed by atoms with Crippen molar-refractivity contribution in [1.29, 1.82) is 0 Å². The van der Waals surface area contributed by atoms with Gasteiger partial charge in [0.25, 0.3) is 0 Å². The number of aromatic nitrogens is 4. The first-order valence-electron chi connectivity index (χ1n) is 4.44.